The fourth-order valence-electron chi connectivity index (χ4n) is 2.91. The van der Waals surface area contributed by atoms with E-state index >= 15 is 0 Å². The molecule has 0 bridgehead atoms. The number of hydrogen-bond donors (Lipinski definition) is 2. The Morgan fingerprint density at radius 3 is 2.54 bits per heavy atom. The lowest BCUT2D eigenvalue weighted by atomic mass is 10.1. The Kier molecular flexibility index (Phi) is 7.26. The van der Waals surface area contributed by atoms with E-state index < -0.39 is 0 Å². The molecule has 0 aliphatic carbocycles. The first-order valence-electron chi connectivity index (χ1n) is 9.41. The number of anilines is 2. The third-order valence-corrected chi connectivity index (χ3v) is 4.42. The van der Waals surface area contributed by atoms with Crippen LogP contribution in [0, 0.1) is 0 Å². The number of aryl methyl sites for hydroxylation is 1. The standard InChI is InChI=1S/C21H26N4O3/c22-20(11-6-17-4-2-1-3-5-17)24-28-16-21(26)23-18-7-9-19(10-8-18)25-12-14-27-15-13-25/h1-5,7-10H,6,11-16H2,(H2,22,24)(H,23,26). The van der Waals surface area contributed by atoms with E-state index in [-0.39, 0.29) is 12.5 Å². The molecular formula is C21H26N4O3. The quantitative estimate of drug-likeness (QED) is 0.416. The van der Waals surface area contributed by atoms with Crippen LogP contribution in [0.3, 0.4) is 0 Å². The van der Waals surface area contributed by atoms with E-state index in [4.69, 9.17) is 15.3 Å². The predicted molar refractivity (Wildman–Crippen MR) is 110 cm³/mol. The average molecular weight is 382 g/mol. The number of amidine groups is 1. The molecule has 2 aromatic rings. The molecule has 28 heavy (non-hydrogen) atoms. The number of benzene rings is 2. The van der Waals surface area contributed by atoms with E-state index in [1.165, 1.54) is 5.56 Å². The molecule has 7 nitrogen and oxygen atoms in total. The summed E-state index contributed by atoms with van der Waals surface area (Å²) in [5.41, 5.74) is 8.84. The molecule has 0 saturated carbocycles. The number of amides is 1. The molecule has 3 rings (SSSR count). The van der Waals surface area contributed by atoms with E-state index in [2.05, 4.69) is 15.4 Å². The highest BCUT2D eigenvalue weighted by Crippen LogP contribution is 2.19. The van der Waals surface area contributed by atoms with Gasteiger partial charge < -0.3 is 25.5 Å². The maximum Gasteiger partial charge on any atom is 0.265 e. The fraction of sp³-hybridized carbons (Fsp3) is 0.333. The van der Waals surface area contributed by atoms with Crippen LogP contribution in [0.5, 0.6) is 0 Å². The van der Waals surface area contributed by atoms with Gasteiger partial charge in [-0.2, -0.15) is 0 Å². The molecular weight excluding hydrogens is 356 g/mol. The van der Waals surface area contributed by atoms with Crippen molar-refractivity contribution in [2.45, 2.75) is 12.8 Å². The minimum Gasteiger partial charge on any atom is -0.384 e. The molecule has 3 N–H and O–H groups in total. The van der Waals surface area contributed by atoms with Gasteiger partial charge in [-0.25, -0.2) is 0 Å². The largest absolute Gasteiger partial charge is 0.384 e. The molecule has 2 aromatic carbocycles. The van der Waals surface area contributed by atoms with Crippen LogP contribution in [0.2, 0.25) is 0 Å². The van der Waals surface area contributed by atoms with Crippen molar-refractivity contribution in [1.82, 2.24) is 0 Å². The molecule has 0 atom stereocenters. The van der Waals surface area contributed by atoms with E-state index in [0.717, 1.165) is 38.4 Å². The number of nitrogens with one attached hydrogen (secondary N) is 1. The van der Waals surface area contributed by atoms with Crippen LogP contribution in [0.25, 0.3) is 0 Å². The molecule has 1 aliphatic heterocycles. The molecule has 148 valence electrons. The first-order valence-corrected chi connectivity index (χ1v) is 9.41. The van der Waals surface area contributed by atoms with Gasteiger partial charge in [0.2, 0.25) is 0 Å². The molecule has 1 fully saturated rings. The number of ether oxygens (including phenoxy) is 1. The Balaban J connectivity index is 1.38. The van der Waals surface area contributed by atoms with Gasteiger partial charge >= 0.3 is 0 Å². The first kappa shape index (κ1) is 19.7. The lowest BCUT2D eigenvalue weighted by Crippen LogP contribution is -2.36. The summed E-state index contributed by atoms with van der Waals surface area (Å²) in [5.74, 6) is 0.0882. The maximum absolute atomic E-state index is 12.0. The smallest absolute Gasteiger partial charge is 0.265 e. The van der Waals surface area contributed by atoms with Gasteiger partial charge in [-0.15, -0.1) is 0 Å². The molecule has 0 aromatic heterocycles. The lowest BCUT2D eigenvalue weighted by Gasteiger charge is -2.28. The Morgan fingerprint density at radius 1 is 1.11 bits per heavy atom. The highest BCUT2D eigenvalue weighted by atomic mass is 16.6. The number of morpholine rings is 1. The van der Waals surface area contributed by atoms with Crippen LogP contribution in [-0.4, -0.2) is 44.7 Å². The molecule has 0 radical (unpaired) electrons. The van der Waals surface area contributed by atoms with Crippen LogP contribution in [0.15, 0.2) is 59.8 Å². The van der Waals surface area contributed by atoms with Gasteiger partial charge in [0.25, 0.3) is 5.91 Å². The summed E-state index contributed by atoms with van der Waals surface area (Å²) >= 11 is 0. The summed E-state index contributed by atoms with van der Waals surface area (Å²) in [5, 5.41) is 6.60. The Labute approximate surface area is 165 Å². The van der Waals surface area contributed by atoms with Crippen molar-refractivity contribution in [3.63, 3.8) is 0 Å². The molecule has 7 heteroatoms. The van der Waals surface area contributed by atoms with Gasteiger partial charge in [-0.3, -0.25) is 4.79 Å². The highest BCUT2D eigenvalue weighted by molar-refractivity contribution is 5.92. The lowest BCUT2D eigenvalue weighted by molar-refractivity contribution is -0.120. The van der Waals surface area contributed by atoms with Gasteiger partial charge in [0.05, 0.1) is 13.2 Å². The summed E-state index contributed by atoms with van der Waals surface area (Å²) in [6.07, 6.45) is 1.36. The van der Waals surface area contributed by atoms with Gasteiger partial charge in [-0.1, -0.05) is 35.5 Å². The number of nitrogens with zero attached hydrogens (tertiary/aromatic N) is 2. The molecule has 1 aliphatic rings. The van der Waals surface area contributed by atoms with E-state index in [9.17, 15) is 4.79 Å². The van der Waals surface area contributed by atoms with Gasteiger partial charge in [0.1, 0.15) is 5.84 Å². The van der Waals surface area contributed by atoms with Crippen molar-refractivity contribution < 1.29 is 14.4 Å². The van der Waals surface area contributed by atoms with E-state index in [0.29, 0.717) is 17.9 Å². The topological polar surface area (TPSA) is 89.2 Å². The zero-order valence-corrected chi connectivity index (χ0v) is 15.8. The predicted octanol–water partition coefficient (Wildman–Crippen LogP) is 2.38. The average Bonchev–Trinajstić information content (AvgIpc) is 2.74. The zero-order chi connectivity index (χ0) is 19.6. The van der Waals surface area contributed by atoms with Gasteiger partial charge in [0.15, 0.2) is 6.61 Å². The third kappa shape index (κ3) is 6.28. The normalized spacial score (nSPS) is 14.6. The van der Waals surface area contributed by atoms with Crippen LogP contribution in [-0.2, 0) is 20.8 Å². The summed E-state index contributed by atoms with van der Waals surface area (Å²) < 4.78 is 5.36. The van der Waals surface area contributed by atoms with Crippen molar-refractivity contribution in [1.29, 1.82) is 0 Å². The monoisotopic (exact) mass is 382 g/mol. The van der Waals surface area contributed by atoms with Gasteiger partial charge in [-0.05, 0) is 36.2 Å². The molecule has 1 heterocycles. The first-order chi connectivity index (χ1) is 13.7. The number of nitrogens with two attached hydrogens (primary N) is 1. The SMILES string of the molecule is N/C(CCc1ccccc1)=N\OCC(=O)Nc1ccc(N2CCOCC2)cc1. The fourth-order valence-corrected chi connectivity index (χ4v) is 2.91. The van der Waals surface area contributed by atoms with E-state index in [1.807, 2.05) is 54.6 Å². The summed E-state index contributed by atoms with van der Waals surface area (Å²) in [7, 11) is 0. The summed E-state index contributed by atoms with van der Waals surface area (Å²) in [6.45, 7) is 3.05. The van der Waals surface area contributed by atoms with Crippen LogP contribution in [0.4, 0.5) is 11.4 Å². The Hall–Kier alpha value is -3.06. The Bertz CT molecular complexity index is 772. The van der Waals surface area contributed by atoms with Crippen molar-refractivity contribution >= 4 is 23.1 Å². The Morgan fingerprint density at radius 2 is 1.82 bits per heavy atom. The summed E-state index contributed by atoms with van der Waals surface area (Å²) in [6, 6.07) is 17.7. The second kappa shape index (κ2) is 10.3. The van der Waals surface area contributed by atoms with Crippen LogP contribution >= 0.6 is 0 Å². The second-order valence-corrected chi connectivity index (χ2v) is 6.54. The number of rotatable bonds is 8. The minimum atomic E-state index is -0.279. The second-order valence-electron chi connectivity index (χ2n) is 6.54. The molecule has 1 saturated heterocycles. The highest BCUT2D eigenvalue weighted by Gasteiger charge is 2.11. The number of oxime groups is 1. The van der Waals surface area contributed by atoms with Crippen molar-refractivity contribution in [2.24, 2.45) is 10.9 Å². The van der Waals surface area contributed by atoms with Crippen molar-refractivity contribution in [3.8, 4) is 0 Å². The van der Waals surface area contributed by atoms with E-state index in [1.54, 1.807) is 0 Å². The minimum absolute atomic E-state index is 0.183. The number of carbonyl (C=O) groups excluding carboxylic acids is 1. The molecule has 0 spiro atoms. The maximum atomic E-state index is 12.0. The van der Waals surface area contributed by atoms with Crippen molar-refractivity contribution in [2.75, 3.05) is 43.1 Å². The van der Waals surface area contributed by atoms with Crippen LogP contribution in [0.1, 0.15) is 12.0 Å². The third-order valence-electron chi connectivity index (χ3n) is 4.42. The van der Waals surface area contributed by atoms with Crippen molar-refractivity contribution in [3.05, 3.63) is 60.2 Å². The number of hydrogen-bond acceptors (Lipinski definition) is 5. The van der Waals surface area contributed by atoms with Crippen LogP contribution < -0.4 is 16.0 Å². The summed E-state index contributed by atoms with van der Waals surface area (Å²) in [4.78, 5) is 19.3. The molecule has 1 amide bonds. The molecule has 0 unspecified atom stereocenters. The number of carbonyl (C=O) groups is 1. The van der Waals surface area contributed by atoms with Gasteiger partial charge in [0, 0.05) is 30.9 Å². The zero-order valence-electron chi connectivity index (χ0n) is 15.8.